The maximum Gasteiger partial charge on any atom is 0.322 e. The Morgan fingerprint density at radius 1 is 1.33 bits per heavy atom. The molecule has 0 rings (SSSR count). The summed E-state index contributed by atoms with van der Waals surface area (Å²) in [6.07, 6.45) is 0.704. The predicted octanol–water partition coefficient (Wildman–Crippen LogP) is 1.33. The summed E-state index contributed by atoms with van der Waals surface area (Å²) < 4.78 is 10.3. The molecule has 0 fully saturated rings. The minimum atomic E-state index is -0.565. The van der Waals surface area contributed by atoms with Crippen LogP contribution in [-0.4, -0.2) is 31.3 Å². The van der Waals surface area contributed by atoms with Gasteiger partial charge in [0.1, 0.15) is 6.04 Å². The highest BCUT2D eigenvalue weighted by Crippen LogP contribution is 2.06. The molecule has 4 heteroatoms. The van der Waals surface area contributed by atoms with E-state index in [4.69, 9.17) is 15.2 Å². The van der Waals surface area contributed by atoms with E-state index in [0.29, 0.717) is 25.6 Å². The topological polar surface area (TPSA) is 61.5 Å². The third kappa shape index (κ3) is 6.47. The van der Waals surface area contributed by atoms with Crippen molar-refractivity contribution in [2.24, 2.45) is 11.7 Å². The van der Waals surface area contributed by atoms with Gasteiger partial charge in [-0.05, 0) is 26.2 Å². The molecule has 0 aliphatic carbocycles. The van der Waals surface area contributed by atoms with Crippen LogP contribution in [0.15, 0.2) is 0 Å². The maximum absolute atomic E-state index is 11.1. The highest BCUT2D eigenvalue weighted by molar-refractivity contribution is 5.75. The smallest absolute Gasteiger partial charge is 0.322 e. The van der Waals surface area contributed by atoms with Gasteiger partial charge in [-0.1, -0.05) is 13.8 Å². The molecule has 0 saturated heterocycles. The van der Waals surface area contributed by atoms with Gasteiger partial charge < -0.3 is 15.2 Å². The summed E-state index contributed by atoms with van der Waals surface area (Å²) >= 11 is 0. The Kier molecular flexibility index (Phi) is 7.34. The van der Waals surface area contributed by atoms with E-state index in [1.807, 2.05) is 6.92 Å². The van der Waals surface area contributed by atoms with E-state index in [2.05, 4.69) is 13.8 Å². The number of rotatable bonds is 7. The SMILES string of the molecule is CCOC(=O)C(N)CCOC(C)C(C)C. The zero-order valence-electron chi connectivity index (χ0n) is 10.2. The number of carbonyl (C=O) groups is 1. The minimum Gasteiger partial charge on any atom is -0.465 e. The third-order valence-electron chi connectivity index (χ3n) is 2.34. The molecular weight excluding hydrogens is 194 g/mol. The fourth-order valence-corrected chi connectivity index (χ4v) is 0.940. The Labute approximate surface area is 92.1 Å². The largest absolute Gasteiger partial charge is 0.465 e. The molecule has 0 amide bonds. The minimum absolute atomic E-state index is 0.194. The van der Waals surface area contributed by atoms with E-state index in [9.17, 15) is 4.79 Å². The average molecular weight is 217 g/mol. The Bertz CT molecular complexity index is 183. The van der Waals surface area contributed by atoms with Crippen LogP contribution in [0.25, 0.3) is 0 Å². The lowest BCUT2D eigenvalue weighted by Gasteiger charge is -2.17. The monoisotopic (exact) mass is 217 g/mol. The van der Waals surface area contributed by atoms with Gasteiger partial charge in [-0.15, -0.1) is 0 Å². The van der Waals surface area contributed by atoms with Gasteiger partial charge in [-0.25, -0.2) is 0 Å². The van der Waals surface area contributed by atoms with Crippen LogP contribution in [0.3, 0.4) is 0 Å². The normalized spacial score (nSPS) is 15.1. The molecule has 2 N–H and O–H groups in total. The fourth-order valence-electron chi connectivity index (χ4n) is 0.940. The van der Waals surface area contributed by atoms with Crippen LogP contribution in [-0.2, 0) is 14.3 Å². The van der Waals surface area contributed by atoms with Gasteiger partial charge in [0.15, 0.2) is 0 Å². The van der Waals surface area contributed by atoms with Crippen molar-refractivity contribution in [2.45, 2.75) is 46.3 Å². The molecular formula is C11H23NO3. The van der Waals surface area contributed by atoms with E-state index < -0.39 is 6.04 Å². The van der Waals surface area contributed by atoms with Gasteiger partial charge in [0.25, 0.3) is 0 Å². The molecule has 90 valence electrons. The van der Waals surface area contributed by atoms with E-state index in [1.54, 1.807) is 6.92 Å². The molecule has 0 aromatic heterocycles. The summed E-state index contributed by atoms with van der Waals surface area (Å²) in [5.41, 5.74) is 5.61. The number of carbonyl (C=O) groups excluding carboxylic acids is 1. The summed E-state index contributed by atoms with van der Waals surface area (Å²) in [6, 6.07) is -0.565. The maximum atomic E-state index is 11.1. The molecule has 0 saturated carbocycles. The summed E-state index contributed by atoms with van der Waals surface area (Å²) in [6.45, 7) is 8.84. The van der Waals surface area contributed by atoms with Crippen LogP contribution >= 0.6 is 0 Å². The lowest BCUT2D eigenvalue weighted by molar-refractivity contribution is -0.145. The molecule has 0 aliphatic rings. The number of hydrogen-bond donors (Lipinski definition) is 1. The van der Waals surface area contributed by atoms with Crippen LogP contribution in [0.1, 0.15) is 34.1 Å². The van der Waals surface area contributed by atoms with Gasteiger partial charge >= 0.3 is 5.97 Å². The fraction of sp³-hybridized carbons (Fsp3) is 0.909. The Morgan fingerprint density at radius 2 is 1.93 bits per heavy atom. The number of ether oxygens (including phenoxy) is 2. The van der Waals surface area contributed by atoms with Crippen LogP contribution in [0, 0.1) is 5.92 Å². The first-order valence-corrected chi connectivity index (χ1v) is 5.52. The Balaban J connectivity index is 3.63. The Hall–Kier alpha value is -0.610. The second kappa shape index (κ2) is 7.65. The summed E-state index contributed by atoms with van der Waals surface area (Å²) in [5, 5.41) is 0. The Morgan fingerprint density at radius 3 is 2.40 bits per heavy atom. The standard InChI is InChI=1S/C11H23NO3/c1-5-14-11(13)10(12)6-7-15-9(4)8(2)3/h8-10H,5-7,12H2,1-4H3. The van der Waals surface area contributed by atoms with Crippen LogP contribution in [0.4, 0.5) is 0 Å². The molecule has 2 atom stereocenters. The van der Waals surface area contributed by atoms with Crippen molar-refractivity contribution < 1.29 is 14.3 Å². The van der Waals surface area contributed by atoms with Crippen molar-refractivity contribution in [1.82, 2.24) is 0 Å². The first-order chi connectivity index (χ1) is 6.99. The summed E-state index contributed by atoms with van der Waals surface area (Å²) in [5.74, 6) is 0.127. The summed E-state index contributed by atoms with van der Waals surface area (Å²) in [7, 11) is 0. The molecule has 4 nitrogen and oxygen atoms in total. The van der Waals surface area contributed by atoms with Crippen molar-refractivity contribution in [3.63, 3.8) is 0 Å². The van der Waals surface area contributed by atoms with Crippen molar-refractivity contribution in [3.8, 4) is 0 Å². The van der Waals surface area contributed by atoms with E-state index in [1.165, 1.54) is 0 Å². The van der Waals surface area contributed by atoms with E-state index in [0.717, 1.165) is 0 Å². The number of esters is 1. The van der Waals surface area contributed by atoms with Gasteiger partial charge in [0.05, 0.1) is 12.7 Å². The molecule has 0 bridgehead atoms. The van der Waals surface area contributed by atoms with Gasteiger partial charge in [-0.2, -0.15) is 0 Å². The van der Waals surface area contributed by atoms with Crippen molar-refractivity contribution in [3.05, 3.63) is 0 Å². The molecule has 15 heavy (non-hydrogen) atoms. The predicted molar refractivity (Wildman–Crippen MR) is 59.5 cm³/mol. The van der Waals surface area contributed by atoms with E-state index in [-0.39, 0.29) is 12.1 Å². The molecule has 0 aromatic rings. The van der Waals surface area contributed by atoms with Crippen LogP contribution in [0.2, 0.25) is 0 Å². The second-order valence-electron chi connectivity index (χ2n) is 3.97. The first-order valence-electron chi connectivity index (χ1n) is 5.52. The third-order valence-corrected chi connectivity index (χ3v) is 2.34. The van der Waals surface area contributed by atoms with Crippen LogP contribution in [0.5, 0.6) is 0 Å². The number of hydrogen-bond acceptors (Lipinski definition) is 4. The van der Waals surface area contributed by atoms with Crippen LogP contribution < -0.4 is 5.73 Å². The molecule has 0 aromatic carbocycles. The number of nitrogens with two attached hydrogens (primary N) is 1. The summed E-state index contributed by atoms with van der Waals surface area (Å²) in [4.78, 5) is 11.1. The molecule has 0 radical (unpaired) electrons. The van der Waals surface area contributed by atoms with Gasteiger partial charge in [-0.3, -0.25) is 4.79 Å². The highest BCUT2D eigenvalue weighted by Gasteiger charge is 2.15. The van der Waals surface area contributed by atoms with E-state index >= 15 is 0 Å². The molecule has 0 heterocycles. The molecule has 0 aliphatic heterocycles. The average Bonchev–Trinajstić information content (AvgIpc) is 2.17. The molecule has 0 spiro atoms. The van der Waals surface area contributed by atoms with Gasteiger partial charge in [0.2, 0.25) is 0 Å². The van der Waals surface area contributed by atoms with Crippen molar-refractivity contribution in [2.75, 3.05) is 13.2 Å². The zero-order chi connectivity index (χ0) is 11.8. The second-order valence-corrected chi connectivity index (χ2v) is 3.97. The van der Waals surface area contributed by atoms with Gasteiger partial charge in [0, 0.05) is 6.61 Å². The van der Waals surface area contributed by atoms with Crippen molar-refractivity contribution >= 4 is 5.97 Å². The molecule has 2 unspecified atom stereocenters. The lowest BCUT2D eigenvalue weighted by atomic mass is 10.1. The highest BCUT2D eigenvalue weighted by atomic mass is 16.5. The van der Waals surface area contributed by atoms with Crippen molar-refractivity contribution in [1.29, 1.82) is 0 Å². The first kappa shape index (κ1) is 14.4. The zero-order valence-corrected chi connectivity index (χ0v) is 10.2. The quantitative estimate of drug-likeness (QED) is 0.653. The lowest BCUT2D eigenvalue weighted by Crippen LogP contribution is -2.34.